The maximum atomic E-state index is 3.43. The molecule has 0 amide bonds. The molecule has 3 heteroatoms. The third-order valence-electron chi connectivity index (χ3n) is 5.42. The topological polar surface area (TPSA) is 0 Å². The Morgan fingerprint density at radius 3 is 2.35 bits per heavy atom. The van der Waals surface area contributed by atoms with Crippen LogP contribution in [0.15, 0.2) is 91.0 Å². The zero-order chi connectivity index (χ0) is 19.2. The van der Waals surface area contributed by atoms with Crippen LogP contribution >= 0.6 is 0 Å². The van der Waals surface area contributed by atoms with Crippen molar-refractivity contribution in [3.63, 3.8) is 0 Å². The van der Waals surface area contributed by atoms with Crippen LogP contribution in [-0.4, -0.2) is 0 Å². The molecule has 156 valence electrons. The van der Waals surface area contributed by atoms with Crippen molar-refractivity contribution in [2.24, 2.45) is 0 Å². The fourth-order valence-corrected chi connectivity index (χ4v) is 3.92. The molecule has 0 radical (unpaired) electrons. The van der Waals surface area contributed by atoms with E-state index >= 15 is 0 Å². The van der Waals surface area contributed by atoms with Crippen LogP contribution in [0.2, 0.25) is 0 Å². The van der Waals surface area contributed by atoms with Gasteiger partial charge in [-0.3, -0.25) is 6.08 Å². The molecule has 0 aliphatic heterocycles. The molecule has 1 aliphatic rings. The maximum absolute atomic E-state index is 3.43. The van der Waals surface area contributed by atoms with E-state index in [4.69, 9.17) is 0 Å². The standard InChI is InChI=1S/C15H11.C13H15.2ClH.Zr/c1-2-6-12(7-3-1)14-10-4-8-13-9-5-11-15(13)14;1-2-3-6-11-9-10-12-7-4-5-8-13(11)12;;;/h1-11H;4-5,7-8,10-11H,2-3,6H2,1H3;2*1H;/q2*-1;;;+4/p-2. The first-order valence-corrected chi connectivity index (χ1v) is 10.2. The molecule has 0 saturated carbocycles. The van der Waals surface area contributed by atoms with E-state index < -0.39 is 0 Å². The molecule has 4 aromatic carbocycles. The number of hydrogen-bond donors (Lipinski definition) is 0. The van der Waals surface area contributed by atoms with E-state index in [1.807, 2.05) is 0 Å². The maximum Gasteiger partial charge on any atom is 4.00 e. The molecule has 1 aliphatic carbocycles. The van der Waals surface area contributed by atoms with Crippen LogP contribution in [0.25, 0.3) is 28.0 Å². The molecule has 4 aromatic rings. The van der Waals surface area contributed by atoms with Gasteiger partial charge in [-0.2, -0.15) is 17.7 Å². The van der Waals surface area contributed by atoms with Gasteiger partial charge in [-0.1, -0.05) is 92.3 Å². The number of unbranched alkanes of at least 4 members (excludes halogenated alkanes) is 1. The van der Waals surface area contributed by atoms with Gasteiger partial charge in [0, 0.05) is 0 Å². The van der Waals surface area contributed by atoms with Gasteiger partial charge in [-0.25, -0.2) is 6.08 Å². The van der Waals surface area contributed by atoms with E-state index in [1.54, 1.807) is 0 Å². The second kappa shape index (κ2) is 13.8. The third kappa shape index (κ3) is 6.72. The summed E-state index contributed by atoms with van der Waals surface area (Å²) in [4.78, 5) is 0. The molecule has 0 N–H and O–H groups in total. The first-order chi connectivity index (χ1) is 13.9. The fraction of sp³-hybridized carbons (Fsp3) is 0.179. The Bertz CT molecular complexity index is 1070. The Hall–Kier alpha value is -1.53. The van der Waals surface area contributed by atoms with Gasteiger partial charge in [0.2, 0.25) is 0 Å². The predicted molar refractivity (Wildman–Crippen MR) is 121 cm³/mol. The first-order valence-electron chi connectivity index (χ1n) is 10.2. The summed E-state index contributed by atoms with van der Waals surface area (Å²) in [5.74, 6) is 0.566. The monoisotopic (exact) mass is 522 g/mol. The molecule has 0 aromatic heterocycles. The molecule has 5 rings (SSSR count). The Kier molecular flexibility index (Phi) is 12.2. The number of benzene rings is 3. The van der Waals surface area contributed by atoms with Crippen molar-refractivity contribution in [1.29, 1.82) is 0 Å². The smallest absolute Gasteiger partial charge is 1.00 e. The summed E-state index contributed by atoms with van der Waals surface area (Å²) >= 11 is 0. The summed E-state index contributed by atoms with van der Waals surface area (Å²) in [7, 11) is 0. The third-order valence-corrected chi connectivity index (χ3v) is 5.42. The number of fused-ring (bicyclic) bond motifs is 2. The number of rotatable bonds is 4. The predicted octanol–water partition coefficient (Wildman–Crippen LogP) is 2.02. The van der Waals surface area contributed by atoms with E-state index in [1.165, 1.54) is 52.3 Å². The SMILES string of the molecule is CCCCC1[C-]=Cc2ccccc21.[Cl-].[Cl-].[Zr+4].c1ccc(-c2cccc3[cH-]ccc23)cc1. The molecule has 0 fully saturated rings. The Morgan fingerprint density at radius 1 is 0.839 bits per heavy atom. The Morgan fingerprint density at radius 2 is 1.58 bits per heavy atom. The van der Waals surface area contributed by atoms with Gasteiger partial charge in [0.1, 0.15) is 0 Å². The normalized spacial score (nSPS) is 13.1. The average molecular weight is 525 g/mol. The van der Waals surface area contributed by atoms with Gasteiger partial charge < -0.3 is 24.8 Å². The largest absolute Gasteiger partial charge is 4.00 e. The number of hydrogen-bond acceptors (Lipinski definition) is 0. The second-order valence-corrected chi connectivity index (χ2v) is 7.34. The Balaban J connectivity index is 0.000000285. The molecule has 0 nitrogen and oxygen atoms in total. The van der Waals surface area contributed by atoms with Crippen LogP contribution in [0, 0.1) is 6.08 Å². The van der Waals surface area contributed by atoms with E-state index in [0.29, 0.717) is 5.92 Å². The molecule has 1 atom stereocenters. The van der Waals surface area contributed by atoms with E-state index in [2.05, 4.69) is 110 Å². The Labute approximate surface area is 218 Å². The molecule has 0 spiro atoms. The van der Waals surface area contributed by atoms with Gasteiger partial charge in [-0.05, 0) is 5.56 Å². The average Bonchev–Trinajstić information content (AvgIpc) is 3.40. The van der Waals surface area contributed by atoms with Crippen molar-refractivity contribution in [2.75, 3.05) is 0 Å². The van der Waals surface area contributed by atoms with Gasteiger partial charge in [0.05, 0.1) is 0 Å². The summed E-state index contributed by atoms with van der Waals surface area (Å²) in [6.07, 6.45) is 9.40. The van der Waals surface area contributed by atoms with Crippen LogP contribution in [0.3, 0.4) is 0 Å². The van der Waals surface area contributed by atoms with Gasteiger partial charge in [0.25, 0.3) is 0 Å². The van der Waals surface area contributed by atoms with Gasteiger partial charge >= 0.3 is 26.2 Å². The van der Waals surface area contributed by atoms with Crippen molar-refractivity contribution in [3.05, 3.63) is 108 Å². The summed E-state index contributed by atoms with van der Waals surface area (Å²) < 4.78 is 0. The van der Waals surface area contributed by atoms with Crippen molar-refractivity contribution in [3.8, 4) is 11.1 Å². The van der Waals surface area contributed by atoms with Crippen molar-refractivity contribution in [2.45, 2.75) is 32.1 Å². The molecular formula is C28H26Cl2Zr. The zero-order valence-corrected chi connectivity index (χ0v) is 21.7. The van der Waals surface area contributed by atoms with Crippen LogP contribution in [0.4, 0.5) is 0 Å². The van der Waals surface area contributed by atoms with Gasteiger partial charge in [-0.15, -0.1) is 40.6 Å². The summed E-state index contributed by atoms with van der Waals surface area (Å²) in [5.41, 5.74) is 5.44. The summed E-state index contributed by atoms with van der Waals surface area (Å²) in [6.45, 7) is 2.24. The molecule has 0 saturated heterocycles. The minimum Gasteiger partial charge on any atom is -1.00 e. The van der Waals surface area contributed by atoms with E-state index in [9.17, 15) is 0 Å². The molecule has 0 bridgehead atoms. The summed E-state index contributed by atoms with van der Waals surface area (Å²) in [5, 5.41) is 2.65. The van der Waals surface area contributed by atoms with Crippen molar-refractivity contribution in [1.82, 2.24) is 0 Å². The second-order valence-electron chi connectivity index (χ2n) is 7.34. The molecular weight excluding hydrogens is 498 g/mol. The van der Waals surface area contributed by atoms with Crippen LogP contribution < -0.4 is 24.8 Å². The van der Waals surface area contributed by atoms with Crippen LogP contribution in [-0.2, 0) is 26.2 Å². The molecule has 31 heavy (non-hydrogen) atoms. The van der Waals surface area contributed by atoms with Crippen LogP contribution in [0.1, 0.15) is 43.2 Å². The summed E-state index contributed by atoms with van der Waals surface area (Å²) in [6, 6.07) is 32.0. The number of allylic oxidation sites excluding steroid dienone is 1. The fourth-order valence-electron chi connectivity index (χ4n) is 3.92. The van der Waals surface area contributed by atoms with E-state index in [-0.39, 0.29) is 51.0 Å². The van der Waals surface area contributed by atoms with Crippen molar-refractivity contribution >= 4 is 16.8 Å². The quantitative estimate of drug-likeness (QED) is 0.359. The molecule has 1 unspecified atom stereocenters. The van der Waals surface area contributed by atoms with Gasteiger partial charge in [0.15, 0.2) is 0 Å². The minimum absolute atomic E-state index is 0. The van der Waals surface area contributed by atoms with Crippen molar-refractivity contribution < 1.29 is 51.0 Å². The first kappa shape index (κ1) is 27.5. The van der Waals surface area contributed by atoms with E-state index in [0.717, 1.165) is 0 Å². The minimum atomic E-state index is 0. The number of halogens is 2. The molecule has 0 heterocycles. The zero-order valence-electron chi connectivity index (χ0n) is 17.7. The van der Waals surface area contributed by atoms with Crippen LogP contribution in [0.5, 0.6) is 0 Å².